The summed E-state index contributed by atoms with van der Waals surface area (Å²) in [4.78, 5) is 22.0. The van der Waals surface area contributed by atoms with Crippen LogP contribution in [-0.2, 0) is 0 Å². The number of benzene rings is 1. The number of nitrogens with one attached hydrogen (secondary N) is 1. The van der Waals surface area contributed by atoms with Crippen LogP contribution < -0.4 is 11.1 Å². The highest BCUT2D eigenvalue weighted by atomic mass is 16.6. The van der Waals surface area contributed by atoms with E-state index in [1.54, 1.807) is 0 Å². The summed E-state index contributed by atoms with van der Waals surface area (Å²) in [6.07, 6.45) is 0. The molecule has 0 saturated carbocycles. The molecule has 98 valence electrons. The van der Waals surface area contributed by atoms with Crippen molar-refractivity contribution in [2.75, 3.05) is 5.73 Å². The van der Waals surface area contributed by atoms with E-state index in [0.29, 0.717) is 0 Å². The minimum Gasteiger partial charge on any atom is -0.393 e. The lowest BCUT2D eigenvalue weighted by Crippen LogP contribution is -2.36. The van der Waals surface area contributed by atoms with E-state index in [1.165, 1.54) is 18.2 Å². The van der Waals surface area contributed by atoms with Crippen molar-refractivity contribution in [3.8, 4) is 0 Å². The van der Waals surface area contributed by atoms with Gasteiger partial charge in [0, 0.05) is 17.7 Å². The summed E-state index contributed by atoms with van der Waals surface area (Å²) in [6.45, 7) is 5.85. The molecule has 1 amide bonds. The number of nitrogen functional groups attached to an aromatic ring is 1. The summed E-state index contributed by atoms with van der Waals surface area (Å²) >= 11 is 0. The normalized spacial score (nSPS) is 12.2. The molecule has 0 fully saturated rings. The molecule has 0 heterocycles. The summed E-state index contributed by atoms with van der Waals surface area (Å²) < 4.78 is 0. The van der Waals surface area contributed by atoms with Gasteiger partial charge in [0.05, 0.1) is 4.92 Å². The minimum atomic E-state index is -0.599. The highest BCUT2D eigenvalue weighted by Gasteiger charge is 2.17. The van der Waals surface area contributed by atoms with Crippen LogP contribution in [-0.4, -0.2) is 16.9 Å². The van der Waals surface area contributed by atoms with Gasteiger partial charge in [-0.05, 0) is 25.0 Å². The summed E-state index contributed by atoms with van der Waals surface area (Å²) in [5.41, 5.74) is 5.51. The minimum absolute atomic E-state index is 0.00545. The number of carbonyl (C=O) groups excluding carboxylic acids is 1. The molecule has 0 radical (unpaired) electrons. The van der Waals surface area contributed by atoms with Crippen LogP contribution in [0.25, 0.3) is 0 Å². The molecule has 0 bridgehead atoms. The zero-order valence-corrected chi connectivity index (χ0v) is 10.6. The van der Waals surface area contributed by atoms with Gasteiger partial charge in [0.25, 0.3) is 11.6 Å². The second kappa shape index (κ2) is 5.48. The number of nitrogens with zero attached hydrogens (tertiary/aromatic N) is 1. The topological polar surface area (TPSA) is 98.3 Å². The molecule has 0 aliphatic heterocycles. The largest absolute Gasteiger partial charge is 0.393 e. The number of nitro benzene ring substituents is 1. The number of nitrogens with two attached hydrogens (primary N) is 1. The van der Waals surface area contributed by atoms with E-state index >= 15 is 0 Å². The number of hydrogen-bond acceptors (Lipinski definition) is 4. The van der Waals surface area contributed by atoms with Gasteiger partial charge < -0.3 is 11.1 Å². The highest BCUT2D eigenvalue weighted by molar-refractivity contribution is 5.95. The Labute approximate surface area is 105 Å². The maximum absolute atomic E-state index is 11.9. The fourth-order valence-corrected chi connectivity index (χ4v) is 1.30. The number of hydrogen-bond donors (Lipinski definition) is 2. The van der Waals surface area contributed by atoms with Crippen LogP contribution in [0.2, 0.25) is 0 Å². The Morgan fingerprint density at radius 1 is 1.39 bits per heavy atom. The van der Waals surface area contributed by atoms with Crippen molar-refractivity contribution < 1.29 is 9.72 Å². The van der Waals surface area contributed by atoms with Crippen LogP contribution >= 0.6 is 0 Å². The van der Waals surface area contributed by atoms with Crippen LogP contribution in [0.5, 0.6) is 0 Å². The van der Waals surface area contributed by atoms with Crippen molar-refractivity contribution in [1.29, 1.82) is 0 Å². The molecule has 6 nitrogen and oxygen atoms in total. The molecule has 0 saturated heterocycles. The third-order valence-corrected chi connectivity index (χ3v) is 2.85. The van der Waals surface area contributed by atoms with Crippen molar-refractivity contribution in [3.63, 3.8) is 0 Å². The molecular formula is C12H17N3O3. The average Bonchev–Trinajstić information content (AvgIpc) is 2.28. The Hall–Kier alpha value is -2.11. The second-order valence-corrected chi connectivity index (χ2v) is 4.54. The van der Waals surface area contributed by atoms with Crippen LogP contribution in [0.4, 0.5) is 11.4 Å². The molecular weight excluding hydrogens is 234 g/mol. The van der Waals surface area contributed by atoms with Gasteiger partial charge in [-0.1, -0.05) is 13.8 Å². The van der Waals surface area contributed by atoms with E-state index in [9.17, 15) is 14.9 Å². The fourth-order valence-electron chi connectivity index (χ4n) is 1.30. The summed E-state index contributed by atoms with van der Waals surface area (Å²) in [5.74, 6) is -0.0444. The summed E-state index contributed by atoms with van der Waals surface area (Å²) in [6, 6.07) is 4.03. The molecule has 1 rings (SSSR count). The van der Waals surface area contributed by atoms with Crippen molar-refractivity contribution >= 4 is 17.3 Å². The number of anilines is 1. The highest BCUT2D eigenvalue weighted by Crippen LogP contribution is 2.22. The molecule has 1 atom stereocenters. The molecule has 0 spiro atoms. The third-order valence-electron chi connectivity index (χ3n) is 2.85. The molecule has 0 aromatic heterocycles. The number of rotatable bonds is 4. The Kier molecular flexibility index (Phi) is 4.25. The van der Waals surface area contributed by atoms with Gasteiger partial charge in [-0.25, -0.2) is 0 Å². The first-order valence-corrected chi connectivity index (χ1v) is 5.67. The summed E-state index contributed by atoms with van der Waals surface area (Å²) in [7, 11) is 0. The smallest absolute Gasteiger partial charge is 0.292 e. The van der Waals surface area contributed by atoms with E-state index in [1.807, 2.05) is 20.8 Å². The van der Waals surface area contributed by atoms with Gasteiger partial charge in [-0.15, -0.1) is 0 Å². The van der Waals surface area contributed by atoms with Crippen molar-refractivity contribution in [3.05, 3.63) is 33.9 Å². The van der Waals surface area contributed by atoms with E-state index in [0.717, 1.165) is 0 Å². The quantitative estimate of drug-likeness (QED) is 0.485. The van der Waals surface area contributed by atoms with E-state index in [4.69, 9.17) is 5.73 Å². The maximum Gasteiger partial charge on any atom is 0.292 e. The maximum atomic E-state index is 11.9. The zero-order valence-electron chi connectivity index (χ0n) is 10.6. The SMILES string of the molecule is CC(C)C(C)NC(=O)c1ccc(N)c([N+](=O)[O-])c1. The van der Waals surface area contributed by atoms with Crippen LogP contribution in [0.15, 0.2) is 18.2 Å². The van der Waals surface area contributed by atoms with Crippen LogP contribution in [0, 0.1) is 16.0 Å². The van der Waals surface area contributed by atoms with E-state index in [-0.39, 0.29) is 34.8 Å². The molecule has 18 heavy (non-hydrogen) atoms. The van der Waals surface area contributed by atoms with Crippen LogP contribution in [0.1, 0.15) is 31.1 Å². The van der Waals surface area contributed by atoms with Gasteiger partial charge in [-0.3, -0.25) is 14.9 Å². The lowest BCUT2D eigenvalue weighted by Gasteiger charge is -2.17. The van der Waals surface area contributed by atoms with Crippen molar-refractivity contribution in [2.45, 2.75) is 26.8 Å². The lowest BCUT2D eigenvalue weighted by molar-refractivity contribution is -0.383. The Morgan fingerprint density at radius 2 is 2.00 bits per heavy atom. The molecule has 0 aliphatic rings. The number of amides is 1. The predicted octanol–water partition coefficient (Wildman–Crippen LogP) is 1.95. The molecule has 1 aromatic carbocycles. The fraction of sp³-hybridized carbons (Fsp3) is 0.417. The molecule has 3 N–H and O–H groups in total. The van der Waals surface area contributed by atoms with Gasteiger partial charge in [-0.2, -0.15) is 0 Å². The zero-order chi connectivity index (χ0) is 13.9. The van der Waals surface area contributed by atoms with Crippen LogP contribution in [0.3, 0.4) is 0 Å². The Bertz CT molecular complexity index is 472. The van der Waals surface area contributed by atoms with Gasteiger partial charge in [0.15, 0.2) is 0 Å². The molecule has 6 heteroatoms. The first-order chi connectivity index (χ1) is 8.32. The third kappa shape index (κ3) is 3.19. The first-order valence-electron chi connectivity index (χ1n) is 5.67. The van der Waals surface area contributed by atoms with Gasteiger partial charge in [0.2, 0.25) is 0 Å². The number of nitro groups is 1. The number of carbonyl (C=O) groups is 1. The predicted molar refractivity (Wildman–Crippen MR) is 69.3 cm³/mol. The Balaban J connectivity index is 2.94. The van der Waals surface area contributed by atoms with Gasteiger partial charge >= 0.3 is 0 Å². The molecule has 1 aromatic rings. The van der Waals surface area contributed by atoms with Crippen molar-refractivity contribution in [2.24, 2.45) is 5.92 Å². The average molecular weight is 251 g/mol. The monoisotopic (exact) mass is 251 g/mol. The Morgan fingerprint density at radius 3 is 2.50 bits per heavy atom. The lowest BCUT2D eigenvalue weighted by atomic mass is 10.1. The summed E-state index contributed by atoms with van der Waals surface area (Å²) in [5, 5.41) is 13.5. The molecule has 1 unspecified atom stereocenters. The standard InChI is InChI=1S/C12H17N3O3/c1-7(2)8(3)14-12(16)9-4-5-10(13)11(6-9)15(17)18/h4-8H,13H2,1-3H3,(H,14,16). The van der Waals surface area contributed by atoms with Crippen molar-refractivity contribution in [1.82, 2.24) is 5.32 Å². The van der Waals surface area contributed by atoms with E-state index < -0.39 is 4.92 Å². The first kappa shape index (κ1) is 14.0. The van der Waals surface area contributed by atoms with E-state index in [2.05, 4.69) is 5.32 Å². The second-order valence-electron chi connectivity index (χ2n) is 4.54. The molecule has 0 aliphatic carbocycles. The van der Waals surface area contributed by atoms with Gasteiger partial charge in [0.1, 0.15) is 5.69 Å².